The molecule has 0 aliphatic rings. The molecule has 0 saturated carbocycles. The zero-order chi connectivity index (χ0) is 17.1. The second-order valence-corrected chi connectivity index (χ2v) is 6.49. The van der Waals surface area contributed by atoms with E-state index in [1.54, 1.807) is 0 Å². The van der Waals surface area contributed by atoms with Gasteiger partial charge in [-0.15, -0.1) is 10.2 Å². The van der Waals surface area contributed by atoms with Crippen molar-refractivity contribution in [1.82, 2.24) is 10.2 Å². The Morgan fingerprint density at radius 3 is 2.22 bits per heavy atom. The zero-order valence-corrected chi connectivity index (χ0v) is 12.7. The number of para-hydroxylation sites is 1. The quantitative estimate of drug-likeness (QED) is 0.869. The number of nitrogens with zero attached hydrogens (tertiary/aromatic N) is 2. The summed E-state index contributed by atoms with van der Waals surface area (Å²) in [6.45, 7) is 1.46. The molecule has 0 aliphatic heterocycles. The van der Waals surface area contributed by atoms with Crippen LogP contribution in [0.1, 0.15) is 12.5 Å². The van der Waals surface area contributed by atoms with Crippen molar-refractivity contribution in [2.24, 2.45) is 0 Å². The van der Waals surface area contributed by atoms with Gasteiger partial charge < -0.3 is 5.32 Å². The van der Waals surface area contributed by atoms with Crippen molar-refractivity contribution >= 4 is 27.3 Å². The van der Waals surface area contributed by atoms with Crippen LogP contribution in [-0.2, 0) is 16.2 Å². The van der Waals surface area contributed by atoms with Crippen molar-refractivity contribution in [3.8, 4) is 0 Å². The highest BCUT2D eigenvalue weighted by Gasteiger charge is 2.33. The molecular formula is C13H13F3N4O2S. The van der Waals surface area contributed by atoms with E-state index in [2.05, 4.69) is 20.2 Å². The number of anilines is 3. The topological polar surface area (TPSA) is 84.0 Å². The van der Waals surface area contributed by atoms with Crippen LogP contribution in [0.25, 0.3) is 0 Å². The Morgan fingerprint density at radius 1 is 1.04 bits per heavy atom. The van der Waals surface area contributed by atoms with Crippen LogP contribution in [0.3, 0.4) is 0 Å². The van der Waals surface area contributed by atoms with E-state index in [1.807, 2.05) is 0 Å². The van der Waals surface area contributed by atoms with Gasteiger partial charge in [-0.2, -0.15) is 13.2 Å². The van der Waals surface area contributed by atoms with Crippen LogP contribution in [0.5, 0.6) is 0 Å². The lowest BCUT2D eigenvalue weighted by Gasteiger charge is -2.13. The first-order valence-electron chi connectivity index (χ1n) is 6.49. The van der Waals surface area contributed by atoms with Crippen LogP contribution in [0.4, 0.5) is 30.5 Å². The molecule has 0 radical (unpaired) electrons. The number of alkyl halides is 3. The molecule has 0 aliphatic carbocycles. The third kappa shape index (κ3) is 4.55. The van der Waals surface area contributed by atoms with E-state index in [0.717, 1.165) is 6.07 Å². The molecule has 0 spiro atoms. The van der Waals surface area contributed by atoms with Gasteiger partial charge in [0.2, 0.25) is 10.0 Å². The Balaban J connectivity index is 2.20. The van der Waals surface area contributed by atoms with Gasteiger partial charge in [0.05, 0.1) is 17.0 Å². The second-order valence-electron chi connectivity index (χ2n) is 4.48. The predicted molar refractivity (Wildman–Crippen MR) is 79.8 cm³/mol. The lowest BCUT2D eigenvalue weighted by Crippen LogP contribution is -2.16. The van der Waals surface area contributed by atoms with Crippen LogP contribution in [0.15, 0.2) is 36.4 Å². The number of aromatic nitrogens is 2. The molecule has 1 heterocycles. The molecule has 0 fully saturated rings. The summed E-state index contributed by atoms with van der Waals surface area (Å²) < 4.78 is 63.6. The summed E-state index contributed by atoms with van der Waals surface area (Å²) >= 11 is 0. The Morgan fingerprint density at radius 2 is 1.65 bits per heavy atom. The van der Waals surface area contributed by atoms with Crippen LogP contribution in [-0.4, -0.2) is 24.4 Å². The van der Waals surface area contributed by atoms with Gasteiger partial charge in [-0.3, -0.25) is 4.72 Å². The SMILES string of the molecule is CCS(=O)(=O)Nc1ccc(Nc2ccccc2C(F)(F)F)nn1. The normalized spacial score (nSPS) is 12.0. The van der Waals surface area contributed by atoms with Crippen LogP contribution >= 0.6 is 0 Å². The van der Waals surface area contributed by atoms with Gasteiger partial charge in [0, 0.05) is 0 Å². The van der Waals surface area contributed by atoms with E-state index < -0.39 is 21.8 Å². The van der Waals surface area contributed by atoms with Gasteiger partial charge in [0.15, 0.2) is 11.6 Å². The van der Waals surface area contributed by atoms with Gasteiger partial charge in [-0.1, -0.05) is 12.1 Å². The smallest absolute Gasteiger partial charge is 0.338 e. The van der Waals surface area contributed by atoms with E-state index in [4.69, 9.17) is 0 Å². The van der Waals surface area contributed by atoms with Crippen LogP contribution < -0.4 is 10.0 Å². The molecule has 2 rings (SSSR count). The van der Waals surface area contributed by atoms with Gasteiger partial charge in [0.1, 0.15) is 0 Å². The molecule has 0 atom stereocenters. The summed E-state index contributed by atoms with van der Waals surface area (Å²) in [6, 6.07) is 7.57. The number of hydrogen-bond donors (Lipinski definition) is 2. The average molecular weight is 346 g/mol. The van der Waals surface area contributed by atoms with E-state index in [9.17, 15) is 21.6 Å². The molecule has 2 aromatic rings. The van der Waals surface area contributed by atoms with Crippen molar-refractivity contribution in [3.05, 3.63) is 42.0 Å². The fraction of sp³-hybridized carbons (Fsp3) is 0.231. The maximum absolute atomic E-state index is 12.9. The molecule has 124 valence electrons. The van der Waals surface area contributed by atoms with Crippen LogP contribution in [0.2, 0.25) is 0 Å². The number of nitrogens with one attached hydrogen (secondary N) is 2. The molecule has 0 bridgehead atoms. The third-order valence-corrected chi connectivity index (χ3v) is 4.08. The Labute approximate surface area is 130 Å². The van der Waals surface area contributed by atoms with Gasteiger partial charge >= 0.3 is 6.18 Å². The minimum atomic E-state index is -4.51. The molecule has 1 aromatic heterocycles. The fourth-order valence-electron chi connectivity index (χ4n) is 1.66. The summed E-state index contributed by atoms with van der Waals surface area (Å²) in [4.78, 5) is 0. The van der Waals surface area contributed by atoms with Crippen molar-refractivity contribution in [2.75, 3.05) is 15.8 Å². The fourth-order valence-corrected chi connectivity index (χ4v) is 2.23. The second kappa shape index (κ2) is 6.41. The number of rotatable bonds is 5. The Bertz CT molecular complexity index is 777. The highest BCUT2D eigenvalue weighted by atomic mass is 32.2. The molecule has 23 heavy (non-hydrogen) atoms. The predicted octanol–water partition coefficient (Wildman–Crippen LogP) is 3.00. The van der Waals surface area contributed by atoms with Crippen molar-refractivity contribution < 1.29 is 21.6 Å². The maximum Gasteiger partial charge on any atom is 0.418 e. The lowest BCUT2D eigenvalue weighted by atomic mass is 10.1. The zero-order valence-electron chi connectivity index (χ0n) is 11.9. The number of benzene rings is 1. The average Bonchev–Trinajstić information content (AvgIpc) is 2.48. The number of hydrogen-bond acceptors (Lipinski definition) is 5. The minimum absolute atomic E-state index is 0.0125. The maximum atomic E-state index is 12.9. The van der Waals surface area contributed by atoms with Gasteiger partial charge in [-0.25, -0.2) is 8.42 Å². The Kier molecular flexibility index (Phi) is 4.73. The molecule has 6 nitrogen and oxygen atoms in total. The highest BCUT2D eigenvalue weighted by Crippen LogP contribution is 2.35. The number of sulfonamides is 1. The lowest BCUT2D eigenvalue weighted by molar-refractivity contribution is -0.136. The third-order valence-electron chi connectivity index (χ3n) is 2.80. The van der Waals surface area contributed by atoms with Crippen LogP contribution in [0, 0.1) is 0 Å². The first-order valence-corrected chi connectivity index (χ1v) is 8.14. The monoisotopic (exact) mass is 346 g/mol. The van der Waals surface area contributed by atoms with Crippen molar-refractivity contribution in [1.29, 1.82) is 0 Å². The van der Waals surface area contributed by atoms with Crippen molar-refractivity contribution in [3.63, 3.8) is 0 Å². The highest BCUT2D eigenvalue weighted by molar-refractivity contribution is 7.92. The standard InChI is InChI=1S/C13H13F3N4O2S/c1-2-23(21,22)20-12-8-7-11(18-19-12)17-10-6-4-3-5-9(10)13(14,15)16/h3-8H,2H2,1H3,(H,17,18)(H,19,20). The van der Waals surface area contributed by atoms with E-state index in [0.29, 0.717) is 0 Å². The molecular weight excluding hydrogens is 333 g/mol. The Hall–Kier alpha value is -2.36. The van der Waals surface area contributed by atoms with Crippen molar-refractivity contribution in [2.45, 2.75) is 13.1 Å². The number of halogens is 3. The molecule has 2 N–H and O–H groups in total. The summed E-state index contributed by atoms with van der Waals surface area (Å²) in [5.74, 6) is -0.0872. The van der Waals surface area contributed by atoms with E-state index in [-0.39, 0.29) is 23.1 Å². The summed E-state index contributed by atoms with van der Waals surface area (Å²) in [5.41, 5.74) is -1.01. The molecule has 0 amide bonds. The van der Waals surface area contributed by atoms with Gasteiger partial charge in [-0.05, 0) is 31.2 Å². The molecule has 10 heteroatoms. The first-order chi connectivity index (χ1) is 10.7. The molecule has 1 aromatic carbocycles. The molecule has 0 saturated heterocycles. The minimum Gasteiger partial charge on any atom is -0.338 e. The summed E-state index contributed by atoms with van der Waals surface area (Å²) in [5, 5.41) is 9.79. The summed E-state index contributed by atoms with van der Waals surface area (Å²) in [7, 11) is -3.49. The van der Waals surface area contributed by atoms with E-state index in [1.165, 1.54) is 37.3 Å². The summed E-state index contributed by atoms with van der Waals surface area (Å²) in [6.07, 6.45) is -4.51. The largest absolute Gasteiger partial charge is 0.418 e. The van der Waals surface area contributed by atoms with Gasteiger partial charge in [0.25, 0.3) is 0 Å². The first kappa shape index (κ1) is 17.0. The molecule has 0 unspecified atom stereocenters. The van der Waals surface area contributed by atoms with E-state index >= 15 is 0 Å².